The molecule has 0 aromatic carbocycles. The minimum Gasteiger partial charge on any atom is -0.409 e. The van der Waals surface area contributed by atoms with Gasteiger partial charge in [0.25, 0.3) is 0 Å². The van der Waals surface area contributed by atoms with Crippen LogP contribution < -0.4 is 5.73 Å². The molecule has 0 saturated heterocycles. The van der Waals surface area contributed by atoms with Crippen molar-refractivity contribution in [1.29, 1.82) is 0 Å². The lowest BCUT2D eigenvalue weighted by atomic mass is 9.87. The van der Waals surface area contributed by atoms with Crippen molar-refractivity contribution in [2.75, 3.05) is 18.1 Å². The number of thioether (sulfide) groups is 1. The Morgan fingerprint density at radius 3 is 2.47 bits per heavy atom. The summed E-state index contributed by atoms with van der Waals surface area (Å²) in [6, 6.07) is 0. The number of nitrogens with zero attached hydrogens (tertiary/aromatic N) is 1. The number of nitrogens with two attached hydrogens (primary N) is 1. The maximum absolute atomic E-state index is 8.58. The predicted octanol–water partition coefficient (Wildman–Crippen LogP) is 1.65. The van der Waals surface area contributed by atoms with Crippen LogP contribution in [0.4, 0.5) is 0 Å². The van der Waals surface area contributed by atoms with Gasteiger partial charge < -0.3 is 16.0 Å². The van der Waals surface area contributed by atoms with Gasteiger partial charge >= 0.3 is 0 Å². The molecule has 0 saturated carbocycles. The summed E-state index contributed by atoms with van der Waals surface area (Å²) in [5.41, 5.74) is 5.34. The summed E-state index contributed by atoms with van der Waals surface area (Å²) < 4.78 is 0. The molecule has 0 aliphatic rings. The quantitative estimate of drug-likeness (QED) is 0.196. The Morgan fingerprint density at radius 1 is 1.33 bits per heavy atom. The van der Waals surface area contributed by atoms with E-state index in [1.807, 2.05) is 25.6 Å². The van der Waals surface area contributed by atoms with Gasteiger partial charge in [-0.05, 0) is 30.8 Å². The number of aliphatic hydroxyl groups excluding tert-OH is 1. The number of amidine groups is 1. The fourth-order valence-corrected chi connectivity index (χ4v) is 2.03. The Morgan fingerprint density at radius 2 is 1.93 bits per heavy atom. The molecule has 0 aromatic rings. The molecule has 0 unspecified atom stereocenters. The van der Waals surface area contributed by atoms with E-state index in [1.54, 1.807) is 0 Å². The summed E-state index contributed by atoms with van der Waals surface area (Å²) in [6.45, 7) is 4.21. The average Bonchev–Trinajstić information content (AvgIpc) is 2.22. The topological polar surface area (TPSA) is 78.8 Å². The van der Waals surface area contributed by atoms with E-state index < -0.39 is 0 Å². The van der Waals surface area contributed by atoms with Crippen LogP contribution in [0.1, 0.15) is 33.1 Å². The molecular weight excluding hydrogens is 212 g/mol. The zero-order chi connectivity index (χ0) is 11.7. The average molecular weight is 234 g/mol. The summed E-state index contributed by atoms with van der Waals surface area (Å²) >= 11 is 1.83. The molecule has 0 heterocycles. The summed E-state index contributed by atoms with van der Waals surface area (Å²) in [4.78, 5) is 0. The predicted molar refractivity (Wildman–Crippen MR) is 65.5 cm³/mol. The summed E-state index contributed by atoms with van der Waals surface area (Å²) in [7, 11) is 0. The molecule has 15 heavy (non-hydrogen) atoms. The van der Waals surface area contributed by atoms with E-state index >= 15 is 0 Å². The van der Waals surface area contributed by atoms with Crippen molar-refractivity contribution in [3.8, 4) is 0 Å². The Labute approximate surface area is 95.9 Å². The van der Waals surface area contributed by atoms with Gasteiger partial charge in [-0.15, -0.1) is 0 Å². The van der Waals surface area contributed by atoms with Crippen LogP contribution in [0, 0.1) is 5.41 Å². The molecule has 0 bridgehead atoms. The van der Waals surface area contributed by atoms with Gasteiger partial charge in [-0.2, -0.15) is 11.8 Å². The third kappa shape index (κ3) is 6.62. The molecule has 0 aromatic heterocycles. The third-order valence-corrected chi connectivity index (χ3v) is 3.49. The van der Waals surface area contributed by atoms with Crippen LogP contribution in [0.25, 0.3) is 0 Å². The minimum absolute atomic E-state index is 0.230. The maximum atomic E-state index is 8.58. The van der Waals surface area contributed by atoms with Crippen LogP contribution in [0.5, 0.6) is 0 Å². The summed E-state index contributed by atoms with van der Waals surface area (Å²) in [5.74, 6) is 2.35. The van der Waals surface area contributed by atoms with Crippen molar-refractivity contribution < 1.29 is 10.3 Å². The standard InChI is InChI=1S/C10H22N2O2S/c1-10(2,9(11)12-14)5-3-7-15-8-4-6-13/h13-14H,3-8H2,1-2H3,(H2,11,12). The van der Waals surface area contributed by atoms with Crippen LogP contribution in [0.2, 0.25) is 0 Å². The SMILES string of the molecule is CC(C)(CCCSCCCO)C(N)=NO. The highest BCUT2D eigenvalue weighted by Crippen LogP contribution is 2.23. The van der Waals surface area contributed by atoms with E-state index in [1.165, 1.54) is 0 Å². The summed E-state index contributed by atoms with van der Waals surface area (Å²) in [6.07, 6.45) is 2.81. The molecule has 4 nitrogen and oxygen atoms in total. The zero-order valence-corrected chi connectivity index (χ0v) is 10.4. The lowest BCUT2D eigenvalue weighted by Crippen LogP contribution is -2.31. The smallest absolute Gasteiger partial charge is 0.144 e. The van der Waals surface area contributed by atoms with Gasteiger partial charge in [0.15, 0.2) is 0 Å². The zero-order valence-electron chi connectivity index (χ0n) is 9.57. The molecule has 0 rings (SSSR count). The fourth-order valence-electron chi connectivity index (χ4n) is 1.15. The van der Waals surface area contributed by atoms with Gasteiger partial charge in [-0.25, -0.2) is 0 Å². The molecule has 0 atom stereocenters. The molecular formula is C10H22N2O2S. The number of oxime groups is 1. The van der Waals surface area contributed by atoms with Gasteiger partial charge in [0, 0.05) is 12.0 Å². The van der Waals surface area contributed by atoms with Gasteiger partial charge in [0.2, 0.25) is 0 Å². The lowest BCUT2D eigenvalue weighted by molar-refractivity contribution is 0.296. The van der Waals surface area contributed by atoms with Crippen molar-refractivity contribution >= 4 is 17.6 Å². The van der Waals surface area contributed by atoms with Gasteiger partial charge in [-0.1, -0.05) is 19.0 Å². The van der Waals surface area contributed by atoms with E-state index in [0.29, 0.717) is 5.84 Å². The first-order valence-corrected chi connectivity index (χ1v) is 6.36. The fraction of sp³-hybridized carbons (Fsp3) is 0.900. The van der Waals surface area contributed by atoms with E-state index in [4.69, 9.17) is 16.0 Å². The largest absolute Gasteiger partial charge is 0.409 e. The third-order valence-electron chi connectivity index (χ3n) is 2.34. The normalized spacial score (nSPS) is 13.1. The minimum atomic E-state index is -0.230. The monoisotopic (exact) mass is 234 g/mol. The lowest BCUT2D eigenvalue weighted by Gasteiger charge is -2.22. The van der Waals surface area contributed by atoms with Crippen LogP contribution in [-0.2, 0) is 0 Å². The molecule has 0 aliphatic heterocycles. The van der Waals surface area contributed by atoms with E-state index in [0.717, 1.165) is 30.8 Å². The Balaban J connectivity index is 3.58. The van der Waals surface area contributed by atoms with Crippen LogP contribution in [0.3, 0.4) is 0 Å². The number of hydrogen-bond donors (Lipinski definition) is 3. The second-order valence-electron chi connectivity index (χ2n) is 4.16. The highest BCUT2D eigenvalue weighted by molar-refractivity contribution is 7.99. The van der Waals surface area contributed by atoms with Crippen molar-refractivity contribution in [3.63, 3.8) is 0 Å². The number of rotatable bonds is 8. The van der Waals surface area contributed by atoms with Crippen molar-refractivity contribution in [1.82, 2.24) is 0 Å². The first kappa shape index (κ1) is 14.6. The molecule has 0 aliphatic carbocycles. The maximum Gasteiger partial charge on any atom is 0.144 e. The van der Waals surface area contributed by atoms with Crippen molar-refractivity contribution in [2.24, 2.45) is 16.3 Å². The molecule has 4 N–H and O–H groups in total. The van der Waals surface area contributed by atoms with E-state index in [-0.39, 0.29) is 12.0 Å². The number of hydrogen-bond acceptors (Lipinski definition) is 4. The first-order valence-electron chi connectivity index (χ1n) is 5.21. The van der Waals surface area contributed by atoms with Gasteiger partial charge in [-0.3, -0.25) is 0 Å². The Hall–Kier alpha value is -0.420. The molecule has 0 radical (unpaired) electrons. The van der Waals surface area contributed by atoms with Crippen molar-refractivity contribution in [2.45, 2.75) is 33.1 Å². The molecule has 0 fully saturated rings. The Bertz CT molecular complexity index is 196. The molecule has 0 amide bonds. The highest BCUT2D eigenvalue weighted by atomic mass is 32.2. The number of aliphatic hydroxyl groups is 1. The Kier molecular flexibility index (Phi) is 7.60. The second kappa shape index (κ2) is 7.82. The second-order valence-corrected chi connectivity index (χ2v) is 5.39. The molecule has 0 spiro atoms. The van der Waals surface area contributed by atoms with E-state index in [9.17, 15) is 0 Å². The molecule has 90 valence electrons. The summed E-state index contributed by atoms with van der Waals surface area (Å²) in [5, 5.41) is 20.2. The van der Waals surface area contributed by atoms with Crippen LogP contribution in [-0.4, -0.2) is 34.3 Å². The van der Waals surface area contributed by atoms with Gasteiger partial charge in [0.1, 0.15) is 5.84 Å². The van der Waals surface area contributed by atoms with Crippen LogP contribution >= 0.6 is 11.8 Å². The van der Waals surface area contributed by atoms with Crippen LogP contribution in [0.15, 0.2) is 5.16 Å². The highest BCUT2D eigenvalue weighted by Gasteiger charge is 2.22. The van der Waals surface area contributed by atoms with E-state index in [2.05, 4.69) is 5.16 Å². The molecule has 5 heteroatoms. The van der Waals surface area contributed by atoms with Gasteiger partial charge in [0.05, 0.1) is 0 Å². The first-order chi connectivity index (χ1) is 7.04. The van der Waals surface area contributed by atoms with Crippen molar-refractivity contribution in [3.05, 3.63) is 0 Å².